The molecule has 0 aliphatic rings. The van der Waals surface area contributed by atoms with Crippen molar-refractivity contribution in [1.29, 1.82) is 0 Å². The molecule has 0 atom stereocenters. The van der Waals surface area contributed by atoms with E-state index in [0.717, 1.165) is 45.1 Å². The van der Waals surface area contributed by atoms with Crippen molar-refractivity contribution in [3.05, 3.63) is 0 Å². The first-order valence-corrected chi connectivity index (χ1v) is 5.87. The van der Waals surface area contributed by atoms with E-state index in [0.29, 0.717) is 0 Å². The third-order valence-corrected chi connectivity index (χ3v) is 1.95. The number of guanidine groups is 1. The molecule has 4 nitrogen and oxygen atoms in total. The van der Waals surface area contributed by atoms with Crippen LogP contribution in [-0.4, -0.2) is 39.3 Å². The van der Waals surface area contributed by atoms with Gasteiger partial charge >= 0.3 is 0 Å². The Morgan fingerprint density at radius 3 is 2.31 bits per heavy atom. The molecule has 0 heterocycles. The van der Waals surface area contributed by atoms with Crippen molar-refractivity contribution in [1.82, 2.24) is 10.6 Å². The van der Waals surface area contributed by atoms with E-state index in [1.807, 2.05) is 0 Å². The first kappa shape index (κ1) is 18.3. The topological polar surface area (TPSA) is 45.6 Å². The van der Waals surface area contributed by atoms with E-state index < -0.39 is 0 Å². The van der Waals surface area contributed by atoms with Crippen molar-refractivity contribution in [3.63, 3.8) is 0 Å². The van der Waals surface area contributed by atoms with Gasteiger partial charge in [-0.3, -0.25) is 4.99 Å². The van der Waals surface area contributed by atoms with Crippen LogP contribution in [0.1, 0.15) is 33.1 Å². The van der Waals surface area contributed by atoms with Gasteiger partial charge in [0.1, 0.15) is 0 Å². The standard InChI is InChI=1S/C11H25N3O.HI/c1-4-6-9-15-10-8-14-11(12-3)13-7-5-2;/h4-10H2,1-3H3,(H2,12,13,14);1H. The lowest BCUT2D eigenvalue weighted by Gasteiger charge is -2.10. The van der Waals surface area contributed by atoms with Crippen LogP contribution in [0.15, 0.2) is 4.99 Å². The van der Waals surface area contributed by atoms with Crippen LogP contribution in [0, 0.1) is 0 Å². The fourth-order valence-electron chi connectivity index (χ4n) is 1.05. The smallest absolute Gasteiger partial charge is 0.191 e. The van der Waals surface area contributed by atoms with Crippen molar-refractivity contribution in [2.24, 2.45) is 4.99 Å². The highest BCUT2D eigenvalue weighted by Gasteiger charge is 1.94. The summed E-state index contributed by atoms with van der Waals surface area (Å²) >= 11 is 0. The van der Waals surface area contributed by atoms with Gasteiger partial charge in [-0.25, -0.2) is 0 Å². The van der Waals surface area contributed by atoms with Gasteiger partial charge in [-0.2, -0.15) is 0 Å². The lowest BCUT2D eigenvalue weighted by Crippen LogP contribution is -2.39. The van der Waals surface area contributed by atoms with E-state index in [2.05, 4.69) is 29.5 Å². The first-order valence-electron chi connectivity index (χ1n) is 5.87. The van der Waals surface area contributed by atoms with Gasteiger partial charge < -0.3 is 15.4 Å². The lowest BCUT2D eigenvalue weighted by molar-refractivity contribution is 0.136. The molecule has 0 aromatic carbocycles. The van der Waals surface area contributed by atoms with E-state index in [9.17, 15) is 0 Å². The lowest BCUT2D eigenvalue weighted by atomic mass is 10.4. The third-order valence-electron chi connectivity index (χ3n) is 1.95. The molecule has 0 radical (unpaired) electrons. The second-order valence-electron chi connectivity index (χ2n) is 3.39. The fraction of sp³-hybridized carbons (Fsp3) is 0.909. The highest BCUT2D eigenvalue weighted by atomic mass is 127. The molecular formula is C11H26IN3O. The maximum absolute atomic E-state index is 5.43. The normalized spacial score (nSPS) is 10.8. The highest BCUT2D eigenvalue weighted by molar-refractivity contribution is 14.0. The van der Waals surface area contributed by atoms with Gasteiger partial charge in [-0.05, 0) is 12.8 Å². The maximum atomic E-state index is 5.43. The number of nitrogens with one attached hydrogen (secondary N) is 2. The molecule has 0 unspecified atom stereocenters. The molecule has 2 N–H and O–H groups in total. The molecule has 16 heavy (non-hydrogen) atoms. The predicted octanol–water partition coefficient (Wildman–Crippen LogP) is 2.00. The molecule has 0 aliphatic carbocycles. The average molecular weight is 343 g/mol. The van der Waals surface area contributed by atoms with Crippen molar-refractivity contribution < 1.29 is 4.74 Å². The van der Waals surface area contributed by atoms with Crippen molar-refractivity contribution >= 4 is 29.9 Å². The van der Waals surface area contributed by atoms with Gasteiger partial charge in [-0.1, -0.05) is 20.3 Å². The number of hydrogen-bond donors (Lipinski definition) is 2. The molecule has 0 aliphatic heterocycles. The minimum atomic E-state index is 0. The van der Waals surface area contributed by atoms with Crippen LogP contribution in [-0.2, 0) is 4.74 Å². The number of rotatable bonds is 8. The molecule has 0 amide bonds. The van der Waals surface area contributed by atoms with E-state index in [1.165, 1.54) is 6.42 Å². The molecule has 0 bridgehead atoms. The number of hydrogen-bond acceptors (Lipinski definition) is 2. The van der Waals surface area contributed by atoms with Crippen LogP contribution in [0.3, 0.4) is 0 Å². The number of aliphatic imine (C=N–C) groups is 1. The largest absolute Gasteiger partial charge is 0.380 e. The van der Waals surface area contributed by atoms with Crippen LogP contribution in [0.2, 0.25) is 0 Å². The zero-order valence-electron chi connectivity index (χ0n) is 10.7. The minimum Gasteiger partial charge on any atom is -0.380 e. The van der Waals surface area contributed by atoms with Crippen molar-refractivity contribution in [2.45, 2.75) is 33.1 Å². The Labute approximate surface area is 117 Å². The Morgan fingerprint density at radius 1 is 1.06 bits per heavy atom. The summed E-state index contributed by atoms with van der Waals surface area (Å²) < 4.78 is 5.43. The Hall–Kier alpha value is -0.0400. The van der Waals surface area contributed by atoms with Crippen LogP contribution < -0.4 is 10.6 Å². The summed E-state index contributed by atoms with van der Waals surface area (Å²) in [4.78, 5) is 4.10. The molecule has 0 spiro atoms. The summed E-state index contributed by atoms with van der Waals surface area (Å²) in [6.07, 6.45) is 3.43. The molecule has 0 aromatic heterocycles. The molecule has 0 fully saturated rings. The van der Waals surface area contributed by atoms with E-state index >= 15 is 0 Å². The molecular weight excluding hydrogens is 317 g/mol. The van der Waals surface area contributed by atoms with Crippen LogP contribution in [0.4, 0.5) is 0 Å². The summed E-state index contributed by atoms with van der Waals surface area (Å²) in [5.74, 6) is 0.857. The SMILES string of the molecule is CCCCOCCNC(=NC)NCCC.I. The highest BCUT2D eigenvalue weighted by Crippen LogP contribution is 1.86. The Bertz CT molecular complexity index is 165. The van der Waals surface area contributed by atoms with Crippen LogP contribution in [0.5, 0.6) is 0 Å². The Balaban J connectivity index is 0. The minimum absolute atomic E-state index is 0. The number of halogens is 1. The fourth-order valence-corrected chi connectivity index (χ4v) is 1.05. The van der Waals surface area contributed by atoms with E-state index in [4.69, 9.17) is 4.74 Å². The van der Waals surface area contributed by atoms with Gasteiger partial charge in [0.25, 0.3) is 0 Å². The second-order valence-corrected chi connectivity index (χ2v) is 3.39. The van der Waals surface area contributed by atoms with E-state index in [1.54, 1.807) is 7.05 Å². The quantitative estimate of drug-likeness (QED) is 0.307. The molecule has 98 valence electrons. The molecule has 5 heteroatoms. The molecule has 0 aromatic rings. The number of unbranched alkanes of at least 4 members (excludes halogenated alkanes) is 1. The monoisotopic (exact) mass is 343 g/mol. The van der Waals surface area contributed by atoms with Gasteiger partial charge in [0, 0.05) is 26.7 Å². The number of nitrogens with zero attached hydrogens (tertiary/aromatic N) is 1. The van der Waals surface area contributed by atoms with Gasteiger partial charge in [0.05, 0.1) is 6.61 Å². The van der Waals surface area contributed by atoms with E-state index in [-0.39, 0.29) is 24.0 Å². The Kier molecular flexibility index (Phi) is 17.1. The zero-order chi connectivity index (χ0) is 11.4. The van der Waals surface area contributed by atoms with Crippen LogP contribution in [0.25, 0.3) is 0 Å². The van der Waals surface area contributed by atoms with Crippen LogP contribution >= 0.6 is 24.0 Å². The summed E-state index contributed by atoms with van der Waals surface area (Å²) in [6.45, 7) is 7.67. The third kappa shape index (κ3) is 12.0. The first-order chi connectivity index (χ1) is 7.35. The molecule has 0 saturated carbocycles. The molecule has 0 saturated heterocycles. The molecule has 0 rings (SSSR count). The van der Waals surface area contributed by atoms with Gasteiger partial charge in [0.15, 0.2) is 5.96 Å². The summed E-state index contributed by atoms with van der Waals surface area (Å²) in [5.41, 5.74) is 0. The zero-order valence-corrected chi connectivity index (χ0v) is 13.0. The summed E-state index contributed by atoms with van der Waals surface area (Å²) in [7, 11) is 1.78. The number of ether oxygens (including phenoxy) is 1. The Morgan fingerprint density at radius 2 is 1.75 bits per heavy atom. The summed E-state index contributed by atoms with van der Waals surface area (Å²) in [6, 6.07) is 0. The van der Waals surface area contributed by atoms with Gasteiger partial charge in [0.2, 0.25) is 0 Å². The summed E-state index contributed by atoms with van der Waals surface area (Å²) in [5, 5.41) is 6.40. The predicted molar refractivity (Wildman–Crippen MR) is 80.8 cm³/mol. The van der Waals surface area contributed by atoms with Gasteiger partial charge in [-0.15, -0.1) is 24.0 Å². The van der Waals surface area contributed by atoms with Crippen molar-refractivity contribution in [2.75, 3.05) is 33.4 Å². The maximum Gasteiger partial charge on any atom is 0.191 e. The second kappa shape index (κ2) is 15.0. The van der Waals surface area contributed by atoms with Crippen molar-refractivity contribution in [3.8, 4) is 0 Å². The average Bonchev–Trinajstić information content (AvgIpc) is 2.27.